The Labute approximate surface area is 159 Å². The molecule has 3 N–H and O–H groups in total. The molecule has 26 heavy (non-hydrogen) atoms. The average molecular weight is 400 g/mol. The van der Waals surface area contributed by atoms with Crippen molar-refractivity contribution < 1.29 is 18.8 Å². The number of nitrogens with zero attached hydrogens (tertiary/aromatic N) is 1. The van der Waals surface area contributed by atoms with Crippen LogP contribution in [0.5, 0.6) is 0 Å². The lowest BCUT2D eigenvalue weighted by Gasteiger charge is -2.28. The summed E-state index contributed by atoms with van der Waals surface area (Å²) in [6, 6.07) is 3.76. The number of primary amides is 1. The van der Waals surface area contributed by atoms with Gasteiger partial charge in [-0.25, -0.2) is 4.39 Å². The number of nitrogens with one attached hydrogen (secondary N) is 1. The van der Waals surface area contributed by atoms with Gasteiger partial charge in [-0.2, -0.15) is 0 Å². The lowest BCUT2D eigenvalue weighted by molar-refractivity contribution is -0.138. The van der Waals surface area contributed by atoms with E-state index in [1.54, 1.807) is 27.7 Å². The lowest BCUT2D eigenvalue weighted by atomic mass is 10.1. The van der Waals surface area contributed by atoms with E-state index in [1.807, 2.05) is 0 Å². The maximum absolute atomic E-state index is 13.5. The number of anilines is 1. The number of hydrogen-bond acceptors (Lipinski definition) is 5. The van der Waals surface area contributed by atoms with E-state index in [4.69, 9.17) is 17.3 Å². The van der Waals surface area contributed by atoms with Gasteiger partial charge in [0, 0.05) is 16.1 Å². The molecule has 9 heteroatoms. The van der Waals surface area contributed by atoms with Crippen LogP contribution in [0.15, 0.2) is 28.8 Å². The Balaban J connectivity index is 2.46. The number of carbonyl (C=O) groups excluding carboxylic acids is 3. The normalized spacial score (nSPS) is 17.5. The SMILES string of the molecule is CC1=C(C(N)=O)N(c2ccc(F)c(Cl)c2)C(C(=O)C(=O)NC(C)(C)C)S1. The van der Waals surface area contributed by atoms with Crippen LogP contribution in [0, 0.1) is 5.82 Å². The minimum absolute atomic E-state index is 0.0691. The molecule has 1 aliphatic rings. The molecule has 140 valence electrons. The van der Waals surface area contributed by atoms with Crippen LogP contribution in [0.1, 0.15) is 27.7 Å². The summed E-state index contributed by atoms with van der Waals surface area (Å²) in [6.45, 7) is 6.86. The number of nitrogens with two attached hydrogens (primary N) is 1. The van der Waals surface area contributed by atoms with Crippen LogP contribution in [0.4, 0.5) is 10.1 Å². The van der Waals surface area contributed by atoms with Gasteiger partial charge in [0.05, 0.1) is 5.02 Å². The molecule has 1 aromatic rings. The van der Waals surface area contributed by atoms with Crippen molar-refractivity contribution in [1.29, 1.82) is 0 Å². The van der Waals surface area contributed by atoms with Crippen LogP contribution in [0.25, 0.3) is 0 Å². The quantitative estimate of drug-likeness (QED) is 0.759. The van der Waals surface area contributed by atoms with Gasteiger partial charge in [0.25, 0.3) is 17.6 Å². The third-order valence-electron chi connectivity index (χ3n) is 3.45. The fourth-order valence-electron chi connectivity index (χ4n) is 2.44. The first-order valence-corrected chi connectivity index (χ1v) is 8.96. The number of ketones is 1. The Morgan fingerprint density at radius 3 is 2.42 bits per heavy atom. The van der Waals surface area contributed by atoms with Gasteiger partial charge in [-0.15, -0.1) is 0 Å². The van der Waals surface area contributed by atoms with Crippen LogP contribution < -0.4 is 16.0 Å². The summed E-state index contributed by atoms with van der Waals surface area (Å²) in [4.78, 5) is 38.7. The number of benzene rings is 1. The summed E-state index contributed by atoms with van der Waals surface area (Å²) < 4.78 is 13.5. The third kappa shape index (κ3) is 4.19. The highest BCUT2D eigenvalue weighted by Crippen LogP contribution is 2.42. The Morgan fingerprint density at radius 2 is 1.92 bits per heavy atom. The van der Waals surface area contributed by atoms with Crippen molar-refractivity contribution in [3.63, 3.8) is 0 Å². The van der Waals surface area contributed by atoms with Gasteiger partial charge in [0.15, 0.2) is 5.37 Å². The maximum atomic E-state index is 13.5. The maximum Gasteiger partial charge on any atom is 0.290 e. The van der Waals surface area contributed by atoms with Crippen molar-refractivity contribution in [1.82, 2.24) is 5.32 Å². The zero-order chi connectivity index (χ0) is 19.8. The molecule has 1 heterocycles. The Kier molecular flexibility index (Phi) is 5.67. The van der Waals surface area contributed by atoms with Crippen molar-refractivity contribution >= 4 is 46.6 Å². The Hall–Kier alpha value is -2.06. The fourth-order valence-corrected chi connectivity index (χ4v) is 3.81. The molecule has 6 nitrogen and oxygen atoms in total. The number of amides is 2. The van der Waals surface area contributed by atoms with Gasteiger partial charge < -0.3 is 16.0 Å². The van der Waals surface area contributed by atoms with E-state index in [0.717, 1.165) is 17.8 Å². The highest BCUT2D eigenvalue weighted by Gasteiger charge is 2.42. The minimum atomic E-state index is -1.04. The highest BCUT2D eigenvalue weighted by molar-refractivity contribution is 8.04. The van der Waals surface area contributed by atoms with Gasteiger partial charge >= 0.3 is 0 Å². The molecule has 0 aromatic heterocycles. The van der Waals surface area contributed by atoms with Gasteiger partial charge in [0.2, 0.25) is 0 Å². The first-order chi connectivity index (χ1) is 11.9. The van der Waals surface area contributed by atoms with E-state index in [0.29, 0.717) is 4.91 Å². The summed E-state index contributed by atoms with van der Waals surface area (Å²) >= 11 is 6.86. The van der Waals surface area contributed by atoms with Crippen molar-refractivity contribution in [3.8, 4) is 0 Å². The van der Waals surface area contributed by atoms with Crippen LogP contribution >= 0.6 is 23.4 Å². The monoisotopic (exact) mass is 399 g/mol. The molecule has 0 aliphatic carbocycles. The number of rotatable bonds is 4. The molecule has 0 bridgehead atoms. The Bertz CT molecular complexity index is 820. The summed E-state index contributed by atoms with van der Waals surface area (Å²) in [5.41, 5.74) is 5.21. The number of hydrogen-bond donors (Lipinski definition) is 2. The minimum Gasteiger partial charge on any atom is -0.364 e. The lowest BCUT2D eigenvalue weighted by Crippen LogP contribution is -2.50. The topological polar surface area (TPSA) is 92.5 Å². The zero-order valence-electron chi connectivity index (χ0n) is 14.7. The molecule has 2 amide bonds. The van der Waals surface area contributed by atoms with Gasteiger partial charge in [0.1, 0.15) is 11.5 Å². The molecule has 1 aromatic carbocycles. The van der Waals surface area contributed by atoms with Crippen molar-refractivity contribution in [2.45, 2.75) is 38.6 Å². The summed E-state index contributed by atoms with van der Waals surface area (Å²) in [7, 11) is 0. The molecule has 2 rings (SSSR count). The van der Waals surface area contributed by atoms with E-state index >= 15 is 0 Å². The molecular weight excluding hydrogens is 381 g/mol. The van der Waals surface area contributed by atoms with E-state index < -0.39 is 34.3 Å². The Morgan fingerprint density at radius 1 is 1.31 bits per heavy atom. The zero-order valence-corrected chi connectivity index (χ0v) is 16.3. The molecule has 0 spiro atoms. The molecular formula is C17H19ClFN3O3S. The van der Waals surface area contributed by atoms with Crippen molar-refractivity contribution in [2.24, 2.45) is 5.73 Å². The first-order valence-electron chi connectivity index (χ1n) is 7.70. The third-order valence-corrected chi connectivity index (χ3v) is 4.93. The predicted octanol–water partition coefficient (Wildman–Crippen LogP) is 2.56. The van der Waals surface area contributed by atoms with Gasteiger partial charge in [-0.1, -0.05) is 23.4 Å². The number of carbonyl (C=O) groups is 3. The molecule has 0 saturated carbocycles. The van der Waals surface area contributed by atoms with E-state index in [2.05, 4.69) is 5.32 Å². The summed E-state index contributed by atoms with van der Waals surface area (Å²) in [5.74, 6) is -2.94. The van der Waals surface area contributed by atoms with Crippen LogP contribution in [0.3, 0.4) is 0 Å². The molecule has 0 fully saturated rings. The van der Waals surface area contributed by atoms with Crippen LogP contribution in [-0.4, -0.2) is 28.5 Å². The second kappa shape index (κ2) is 7.28. The first kappa shape index (κ1) is 20.3. The number of thioether (sulfide) groups is 1. The van der Waals surface area contributed by atoms with Crippen molar-refractivity contribution in [3.05, 3.63) is 39.6 Å². The highest BCUT2D eigenvalue weighted by atomic mass is 35.5. The average Bonchev–Trinajstić information content (AvgIpc) is 2.85. The van der Waals surface area contributed by atoms with Gasteiger partial charge in [-0.05, 0) is 45.9 Å². The summed E-state index contributed by atoms with van der Waals surface area (Å²) in [5, 5.41) is 1.38. The molecule has 1 aliphatic heterocycles. The fraction of sp³-hybridized carbons (Fsp3) is 0.353. The molecule has 0 radical (unpaired) electrons. The predicted molar refractivity (Wildman–Crippen MR) is 100 cm³/mol. The van der Waals surface area contributed by atoms with E-state index in [-0.39, 0.29) is 16.4 Å². The second-order valence-corrected chi connectivity index (χ2v) is 8.48. The van der Waals surface area contributed by atoms with E-state index in [1.165, 1.54) is 17.0 Å². The second-order valence-electron chi connectivity index (χ2n) is 6.78. The number of Topliss-reactive ketones (excluding diaryl/α,β-unsaturated/α-hetero) is 1. The number of halogens is 2. The van der Waals surface area contributed by atoms with Crippen LogP contribution in [-0.2, 0) is 14.4 Å². The van der Waals surface area contributed by atoms with Crippen LogP contribution in [0.2, 0.25) is 5.02 Å². The van der Waals surface area contributed by atoms with Crippen molar-refractivity contribution in [2.75, 3.05) is 4.90 Å². The standard InChI is InChI=1S/C17H19ClFN3O3S/c1-8-12(14(20)24)22(9-5-6-11(19)10(18)7-9)16(26-8)13(23)15(25)21-17(2,3)4/h5-7,16H,1-4H3,(H2,20,24)(H,21,25). The number of allylic oxidation sites excluding steroid dienone is 1. The smallest absolute Gasteiger partial charge is 0.290 e. The molecule has 0 saturated heterocycles. The van der Waals surface area contributed by atoms with E-state index in [9.17, 15) is 18.8 Å². The van der Waals surface area contributed by atoms with Gasteiger partial charge in [-0.3, -0.25) is 14.4 Å². The largest absolute Gasteiger partial charge is 0.364 e. The summed E-state index contributed by atoms with van der Waals surface area (Å²) in [6.07, 6.45) is 0. The molecule has 1 unspecified atom stereocenters. The molecule has 1 atom stereocenters.